The van der Waals surface area contributed by atoms with Crippen LogP contribution in [-0.4, -0.2) is 25.2 Å². The Bertz CT molecular complexity index is 416. The molecule has 0 aliphatic heterocycles. The molecule has 5 N–H and O–H groups in total. The van der Waals surface area contributed by atoms with Crippen molar-refractivity contribution in [2.75, 3.05) is 24.8 Å². The molecule has 1 rings (SSSR count). The highest BCUT2D eigenvalue weighted by Gasteiger charge is 2.20. The van der Waals surface area contributed by atoms with Crippen molar-refractivity contribution in [3.8, 4) is 0 Å². The van der Waals surface area contributed by atoms with Crippen LogP contribution in [0.2, 0.25) is 0 Å². The Morgan fingerprint density at radius 2 is 2.12 bits per heavy atom. The van der Waals surface area contributed by atoms with Gasteiger partial charge in [0.05, 0.1) is 17.7 Å². The van der Waals surface area contributed by atoms with Gasteiger partial charge in [0.2, 0.25) is 0 Å². The van der Waals surface area contributed by atoms with Crippen molar-refractivity contribution in [1.29, 1.82) is 0 Å². The summed E-state index contributed by atoms with van der Waals surface area (Å²) >= 11 is 0. The maximum atomic E-state index is 11.3. The lowest BCUT2D eigenvalue weighted by atomic mass is 10.0. The average molecular weight is 237 g/mol. The van der Waals surface area contributed by atoms with E-state index in [4.69, 9.17) is 16.2 Å². The highest BCUT2D eigenvalue weighted by atomic mass is 16.5. The summed E-state index contributed by atoms with van der Waals surface area (Å²) < 4.78 is 5.10. The molecule has 1 amide bonds. The van der Waals surface area contributed by atoms with Crippen LogP contribution < -0.4 is 16.8 Å². The van der Waals surface area contributed by atoms with E-state index in [1.54, 1.807) is 25.3 Å². The summed E-state index contributed by atoms with van der Waals surface area (Å²) in [5.41, 5.74) is 12.3. The molecular weight excluding hydrogens is 218 g/mol. The maximum Gasteiger partial charge on any atom is 0.250 e. The van der Waals surface area contributed by atoms with E-state index < -0.39 is 5.91 Å². The van der Waals surface area contributed by atoms with Gasteiger partial charge in [-0.1, -0.05) is 0 Å². The molecule has 0 fully saturated rings. The molecule has 0 unspecified atom stereocenters. The molecule has 94 valence electrons. The summed E-state index contributed by atoms with van der Waals surface area (Å²) in [5, 5.41) is 3.20. The van der Waals surface area contributed by atoms with Gasteiger partial charge in [0.25, 0.3) is 5.91 Å². The monoisotopic (exact) mass is 237 g/mol. The van der Waals surface area contributed by atoms with Crippen LogP contribution in [0.15, 0.2) is 18.2 Å². The standard InChI is InChI=1S/C12H19N3O2/c1-12(2,7-17-3)15-10-6-8(13)4-5-9(10)11(14)16/h4-6,15H,7,13H2,1-3H3,(H2,14,16). The van der Waals surface area contributed by atoms with Crippen molar-refractivity contribution in [2.24, 2.45) is 5.73 Å². The van der Waals surface area contributed by atoms with Gasteiger partial charge in [-0.15, -0.1) is 0 Å². The van der Waals surface area contributed by atoms with Gasteiger partial charge in [-0.25, -0.2) is 0 Å². The minimum absolute atomic E-state index is 0.313. The van der Waals surface area contributed by atoms with Crippen LogP contribution in [0, 0.1) is 0 Å². The molecule has 0 saturated heterocycles. The van der Waals surface area contributed by atoms with E-state index >= 15 is 0 Å². The van der Waals surface area contributed by atoms with E-state index in [-0.39, 0.29) is 5.54 Å². The first-order valence-electron chi connectivity index (χ1n) is 5.32. The number of hydrogen-bond acceptors (Lipinski definition) is 4. The summed E-state index contributed by atoms with van der Waals surface area (Å²) in [6, 6.07) is 4.95. The van der Waals surface area contributed by atoms with Gasteiger partial charge in [0.15, 0.2) is 0 Å². The van der Waals surface area contributed by atoms with Crippen LogP contribution >= 0.6 is 0 Å². The fourth-order valence-corrected chi connectivity index (χ4v) is 1.64. The minimum atomic E-state index is -0.485. The Hall–Kier alpha value is -1.75. The second kappa shape index (κ2) is 5.05. The van der Waals surface area contributed by atoms with E-state index in [9.17, 15) is 4.79 Å². The Morgan fingerprint density at radius 3 is 2.65 bits per heavy atom. The molecule has 0 bridgehead atoms. The molecule has 0 radical (unpaired) electrons. The molecule has 0 saturated carbocycles. The molecule has 17 heavy (non-hydrogen) atoms. The van der Waals surface area contributed by atoms with Gasteiger partial charge < -0.3 is 21.5 Å². The van der Waals surface area contributed by atoms with Crippen molar-refractivity contribution in [1.82, 2.24) is 0 Å². The molecular formula is C12H19N3O2. The number of primary amides is 1. The predicted molar refractivity (Wildman–Crippen MR) is 69.0 cm³/mol. The largest absolute Gasteiger partial charge is 0.399 e. The zero-order valence-corrected chi connectivity index (χ0v) is 10.4. The van der Waals surface area contributed by atoms with Crippen LogP contribution in [0.3, 0.4) is 0 Å². The predicted octanol–water partition coefficient (Wildman–Crippen LogP) is 1.20. The fraction of sp³-hybridized carbons (Fsp3) is 0.417. The molecule has 0 aliphatic rings. The van der Waals surface area contributed by atoms with E-state index in [1.165, 1.54) is 0 Å². The van der Waals surface area contributed by atoms with Crippen LogP contribution in [0.4, 0.5) is 11.4 Å². The first kappa shape index (κ1) is 13.3. The van der Waals surface area contributed by atoms with Gasteiger partial charge in [0.1, 0.15) is 0 Å². The SMILES string of the molecule is COCC(C)(C)Nc1cc(N)ccc1C(N)=O. The van der Waals surface area contributed by atoms with Gasteiger partial charge in [-0.2, -0.15) is 0 Å². The highest BCUT2D eigenvalue weighted by Crippen LogP contribution is 2.22. The number of nitrogens with two attached hydrogens (primary N) is 2. The van der Waals surface area contributed by atoms with Crippen molar-refractivity contribution >= 4 is 17.3 Å². The second-order valence-electron chi connectivity index (χ2n) is 4.61. The summed E-state index contributed by atoms with van der Waals surface area (Å²) in [7, 11) is 1.62. The zero-order chi connectivity index (χ0) is 13.1. The fourth-order valence-electron chi connectivity index (χ4n) is 1.64. The smallest absolute Gasteiger partial charge is 0.250 e. The number of nitrogen functional groups attached to an aromatic ring is 1. The third-order valence-corrected chi connectivity index (χ3v) is 2.29. The minimum Gasteiger partial charge on any atom is -0.399 e. The van der Waals surface area contributed by atoms with Gasteiger partial charge in [0, 0.05) is 18.5 Å². The Morgan fingerprint density at radius 1 is 1.47 bits per heavy atom. The van der Waals surface area contributed by atoms with Crippen molar-refractivity contribution in [3.05, 3.63) is 23.8 Å². The number of methoxy groups -OCH3 is 1. The number of ether oxygens (including phenoxy) is 1. The lowest BCUT2D eigenvalue weighted by Gasteiger charge is -2.27. The number of benzene rings is 1. The molecule has 0 spiro atoms. The zero-order valence-electron chi connectivity index (χ0n) is 10.4. The molecule has 1 aromatic rings. The topological polar surface area (TPSA) is 90.4 Å². The third-order valence-electron chi connectivity index (χ3n) is 2.29. The molecule has 5 nitrogen and oxygen atoms in total. The molecule has 0 heterocycles. The Kier molecular flexibility index (Phi) is 3.96. The first-order chi connectivity index (χ1) is 7.85. The molecule has 0 aromatic heterocycles. The maximum absolute atomic E-state index is 11.3. The molecule has 0 aliphatic carbocycles. The summed E-state index contributed by atoms with van der Waals surface area (Å²) in [6.07, 6.45) is 0. The Labute approximate surface area is 101 Å². The normalized spacial score (nSPS) is 11.2. The molecule has 5 heteroatoms. The quantitative estimate of drug-likeness (QED) is 0.671. The van der Waals surface area contributed by atoms with Gasteiger partial charge >= 0.3 is 0 Å². The third kappa shape index (κ3) is 3.64. The number of anilines is 2. The summed E-state index contributed by atoms with van der Waals surface area (Å²) in [4.78, 5) is 11.3. The summed E-state index contributed by atoms with van der Waals surface area (Å²) in [6.45, 7) is 4.43. The number of nitrogens with one attached hydrogen (secondary N) is 1. The Balaban J connectivity index is 3.04. The van der Waals surface area contributed by atoms with Crippen LogP contribution in [0.5, 0.6) is 0 Å². The van der Waals surface area contributed by atoms with Gasteiger partial charge in [-0.05, 0) is 32.0 Å². The molecule has 1 aromatic carbocycles. The van der Waals surface area contributed by atoms with Crippen molar-refractivity contribution in [2.45, 2.75) is 19.4 Å². The van der Waals surface area contributed by atoms with Crippen molar-refractivity contribution in [3.63, 3.8) is 0 Å². The number of carbonyl (C=O) groups is 1. The summed E-state index contributed by atoms with van der Waals surface area (Å²) in [5.74, 6) is -0.485. The second-order valence-corrected chi connectivity index (χ2v) is 4.61. The van der Waals surface area contributed by atoms with Crippen LogP contribution in [-0.2, 0) is 4.74 Å². The number of amides is 1. The van der Waals surface area contributed by atoms with Gasteiger partial charge in [-0.3, -0.25) is 4.79 Å². The number of carbonyl (C=O) groups excluding carboxylic acids is 1. The van der Waals surface area contributed by atoms with Crippen LogP contribution in [0.1, 0.15) is 24.2 Å². The number of hydrogen-bond donors (Lipinski definition) is 3. The van der Waals surface area contributed by atoms with E-state index in [0.717, 1.165) is 0 Å². The lowest BCUT2D eigenvalue weighted by Crippen LogP contribution is -2.36. The molecule has 0 atom stereocenters. The first-order valence-corrected chi connectivity index (χ1v) is 5.32. The van der Waals surface area contributed by atoms with Crippen molar-refractivity contribution < 1.29 is 9.53 Å². The lowest BCUT2D eigenvalue weighted by molar-refractivity contribution is 0.100. The van der Waals surface area contributed by atoms with Crippen LogP contribution in [0.25, 0.3) is 0 Å². The highest BCUT2D eigenvalue weighted by molar-refractivity contribution is 5.99. The average Bonchev–Trinajstić information content (AvgIpc) is 2.15. The van der Waals surface area contributed by atoms with E-state index in [1.807, 2.05) is 13.8 Å². The van der Waals surface area contributed by atoms with E-state index in [0.29, 0.717) is 23.5 Å². The number of rotatable bonds is 5. The van der Waals surface area contributed by atoms with E-state index in [2.05, 4.69) is 5.32 Å².